The van der Waals surface area contributed by atoms with Crippen LogP contribution in [0.2, 0.25) is 0 Å². The van der Waals surface area contributed by atoms with Crippen LogP contribution in [-0.2, 0) is 6.42 Å². The molecule has 1 heterocycles. The van der Waals surface area contributed by atoms with E-state index >= 15 is 0 Å². The topological polar surface area (TPSA) is 27.6 Å². The van der Waals surface area contributed by atoms with Crippen molar-refractivity contribution in [2.24, 2.45) is 5.10 Å². The molecule has 0 radical (unpaired) electrons. The van der Waals surface area contributed by atoms with E-state index in [4.69, 9.17) is 12.2 Å². The first-order valence-corrected chi connectivity index (χ1v) is 8.20. The zero-order chi connectivity index (χ0) is 15.1. The molecule has 2 rings (SSSR count). The molecule has 0 bridgehead atoms. The normalized spacial score (nSPS) is 15.8. The average molecular weight is 325 g/mol. The Bertz CT molecular complexity index is 567. The average Bonchev–Trinajstić information content (AvgIpc) is 2.89. The van der Waals surface area contributed by atoms with Crippen LogP contribution in [0.4, 0.5) is 4.39 Å². The van der Waals surface area contributed by atoms with Crippen molar-refractivity contribution in [2.75, 3.05) is 7.05 Å². The van der Waals surface area contributed by atoms with Crippen LogP contribution in [-0.4, -0.2) is 23.3 Å². The van der Waals surface area contributed by atoms with Gasteiger partial charge in [0.05, 0.1) is 11.3 Å². The van der Waals surface area contributed by atoms with Crippen molar-refractivity contribution in [2.45, 2.75) is 25.7 Å². The number of allylic oxidation sites excluding steroid dienone is 4. The van der Waals surface area contributed by atoms with Crippen LogP contribution in [0.5, 0.6) is 0 Å². The summed E-state index contributed by atoms with van der Waals surface area (Å²) in [5, 5.41) is 8.47. The smallest absolute Gasteiger partial charge is 0.138 e. The molecule has 21 heavy (non-hydrogen) atoms. The minimum absolute atomic E-state index is 0. The Labute approximate surface area is 135 Å². The number of nitrogens with one attached hydrogen (secondary N) is 1. The molecule has 0 atom stereocenters. The number of nitrogens with zero attached hydrogens (tertiary/aromatic N) is 2. The highest BCUT2D eigenvalue weighted by Gasteiger charge is 2.16. The summed E-state index contributed by atoms with van der Waals surface area (Å²) in [4.78, 5) is 1.87. The van der Waals surface area contributed by atoms with E-state index in [2.05, 4.69) is 22.0 Å². The molecule has 3 nitrogen and oxygen atoms in total. The Morgan fingerprint density at radius 3 is 3.10 bits per heavy atom. The predicted molar refractivity (Wildman–Crippen MR) is 93.3 cm³/mol. The van der Waals surface area contributed by atoms with Gasteiger partial charge in [-0.15, -0.1) is 0 Å². The van der Waals surface area contributed by atoms with Gasteiger partial charge >= 0.3 is 0 Å². The summed E-state index contributed by atoms with van der Waals surface area (Å²) in [7, 11) is 1.76. The van der Waals surface area contributed by atoms with E-state index in [0.717, 1.165) is 24.4 Å². The molecule has 114 valence electrons. The Kier molecular flexibility index (Phi) is 6.07. The van der Waals surface area contributed by atoms with E-state index in [1.165, 1.54) is 11.6 Å². The standard InChI is InChI=1S/C15H18FN3S2.H2/c1-17-18-15(9-12-7-8-21-10-12)19(11-20)14-4-2-3-13(16)5-6-14;/h5-8,10-11,17H,2-4,9H2,1H3;1H/b18-15-;. The zero-order valence-corrected chi connectivity index (χ0v) is 13.5. The van der Waals surface area contributed by atoms with Gasteiger partial charge in [-0.05, 0) is 53.8 Å². The van der Waals surface area contributed by atoms with Gasteiger partial charge in [0.25, 0.3) is 0 Å². The number of halogens is 1. The van der Waals surface area contributed by atoms with Crippen LogP contribution in [0, 0.1) is 0 Å². The molecular formula is C15H20FN3S2. The van der Waals surface area contributed by atoms with Gasteiger partial charge in [0.1, 0.15) is 5.84 Å². The van der Waals surface area contributed by atoms with E-state index < -0.39 is 0 Å². The molecule has 0 unspecified atom stereocenters. The molecule has 1 aromatic rings. The minimum Gasteiger partial charge on any atom is -0.311 e. The van der Waals surface area contributed by atoms with Crippen LogP contribution >= 0.6 is 23.6 Å². The number of hydrogen-bond donors (Lipinski definition) is 1. The van der Waals surface area contributed by atoms with Crippen molar-refractivity contribution in [3.8, 4) is 0 Å². The molecule has 0 fully saturated rings. The molecule has 0 aromatic carbocycles. The molecular weight excluding hydrogens is 305 g/mol. The quantitative estimate of drug-likeness (QED) is 0.379. The third-order valence-electron chi connectivity index (χ3n) is 3.18. The van der Waals surface area contributed by atoms with Crippen molar-refractivity contribution in [1.29, 1.82) is 0 Å². The number of hydrogen-bond acceptors (Lipinski definition) is 4. The van der Waals surface area contributed by atoms with Crippen molar-refractivity contribution in [1.82, 2.24) is 10.3 Å². The van der Waals surface area contributed by atoms with Crippen molar-refractivity contribution in [3.05, 3.63) is 46.1 Å². The number of rotatable bonds is 5. The fourth-order valence-corrected chi connectivity index (χ4v) is 3.10. The first kappa shape index (κ1) is 15.9. The molecule has 1 aliphatic carbocycles. The monoisotopic (exact) mass is 325 g/mol. The van der Waals surface area contributed by atoms with Crippen LogP contribution in [0.15, 0.2) is 45.6 Å². The first-order chi connectivity index (χ1) is 10.2. The van der Waals surface area contributed by atoms with Crippen molar-refractivity contribution in [3.63, 3.8) is 0 Å². The number of thiocarbonyl (C=S) groups is 1. The number of thiophene rings is 1. The maximum Gasteiger partial charge on any atom is 0.138 e. The Morgan fingerprint density at radius 1 is 1.57 bits per heavy atom. The van der Waals surface area contributed by atoms with Crippen LogP contribution in [0.1, 0.15) is 26.3 Å². The van der Waals surface area contributed by atoms with Gasteiger partial charge in [0, 0.05) is 20.6 Å². The fourth-order valence-electron chi connectivity index (χ4n) is 2.17. The summed E-state index contributed by atoms with van der Waals surface area (Å²) in [6.45, 7) is 0. The molecule has 0 spiro atoms. The van der Waals surface area contributed by atoms with E-state index in [1.54, 1.807) is 30.0 Å². The zero-order valence-electron chi connectivity index (χ0n) is 11.9. The third kappa shape index (κ3) is 4.47. The second kappa shape index (κ2) is 8.05. The minimum atomic E-state index is -0.0840. The summed E-state index contributed by atoms with van der Waals surface area (Å²) in [6, 6.07) is 2.07. The van der Waals surface area contributed by atoms with Gasteiger partial charge in [0.15, 0.2) is 0 Å². The molecule has 0 saturated heterocycles. The van der Waals surface area contributed by atoms with Gasteiger partial charge in [-0.25, -0.2) is 4.39 Å². The van der Waals surface area contributed by atoms with E-state index in [0.29, 0.717) is 12.8 Å². The van der Waals surface area contributed by atoms with Gasteiger partial charge in [-0.2, -0.15) is 16.4 Å². The number of hydrazone groups is 1. The van der Waals surface area contributed by atoms with Gasteiger partial charge < -0.3 is 5.43 Å². The van der Waals surface area contributed by atoms with Gasteiger partial charge in [-0.3, -0.25) is 4.90 Å². The van der Waals surface area contributed by atoms with Crippen molar-refractivity contribution < 1.29 is 5.82 Å². The van der Waals surface area contributed by atoms with E-state index in [9.17, 15) is 4.39 Å². The molecule has 1 aromatic heterocycles. The van der Waals surface area contributed by atoms with Crippen LogP contribution in [0.3, 0.4) is 0 Å². The maximum atomic E-state index is 13.4. The SMILES string of the molecule is CN/N=C(/Cc1ccsc1)N(C=S)C1=CC=C(F)CCC1.[HH]. The first-order valence-electron chi connectivity index (χ1n) is 6.78. The summed E-state index contributed by atoms with van der Waals surface area (Å²) < 4.78 is 13.4. The maximum absolute atomic E-state index is 13.4. The van der Waals surface area contributed by atoms with E-state index in [1.807, 2.05) is 10.3 Å². The van der Waals surface area contributed by atoms with E-state index in [-0.39, 0.29) is 7.25 Å². The summed E-state index contributed by atoms with van der Waals surface area (Å²) in [6.07, 6.45) is 6.04. The fraction of sp³-hybridized carbons (Fsp3) is 0.333. The highest BCUT2D eigenvalue weighted by Crippen LogP contribution is 2.22. The Hall–Kier alpha value is -1.53. The summed E-state index contributed by atoms with van der Waals surface area (Å²) >= 11 is 6.81. The third-order valence-corrected chi connectivity index (χ3v) is 4.12. The highest BCUT2D eigenvalue weighted by molar-refractivity contribution is 7.78. The molecule has 0 aliphatic heterocycles. The van der Waals surface area contributed by atoms with Crippen molar-refractivity contribution >= 4 is 34.9 Å². The lowest BCUT2D eigenvalue weighted by atomic mass is 10.1. The molecule has 0 amide bonds. The lowest BCUT2D eigenvalue weighted by Crippen LogP contribution is -2.31. The molecule has 0 saturated carbocycles. The lowest BCUT2D eigenvalue weighted by molar-refractivity contribution is 0.568. The Balaban J connectivity index is 0.00000242. The largest absolute Gasteiger partial charge is 0.311 e. The Morgan fingerprint density at radius 2 is 2.43 bits per heavy atom. The second-order valence-electron chi connectivity index (χ2n) is 4.66. The lowest BCUT2D eigenvalue weighted by Gasteiger charge is -2.23. The van der Waals surface area contributed by atoms with Gasteiger partial charge in [-0.1, -0.05) is 12.2 Å². The summed E-state index contributed by atoms with van der Waals surface area (Å²) in [5.41, 5.74) is 6.56. The molecule has 1 aliphatic rings. The summed E-state index contributed by atoms with van der Waals surface area (Å²) in [5.74, 6) is 0.729. The highest BCUT2D eigenvalue weighted by atomic mass is 32.1. The van der Waals surface area contributed by atoms with Crippen LogP contribution < -0.4 is 5.43 Å². The predicted octanol–water partition coefficient (Wildman–Crippen LogP) is 4.25. The molecule has 6 heteroatoms. The van der Waals surface area contributed by atoms with Crippen LogP contribution in [0.25, 0.3) is 0 Å². The van der Waals surface area contributed by atoms with Gasteiger partial charge in [0.2, 0.25) is 0 Å². The second-order valence-corrected chi connectivity index (χ2v) is 5.65. The molecule has 1 N–H and O–H groups in total. The number of amidine groups is 1.